The number of imidazole rings is 1. The third-order valence-corrected chi connectivity index (χ3v) is 4.09. The number of nitrogens with zero attached hydrogens (tertiary/aromatic N) is 5. The van der Waals surface area contributed by atoms with Crippen LogP contribution in [0.15, 0.2) is 42.9 Å². The highest BCUT2D eigenvalue weighted by Gasteiger charge is 2.36. The highest BCUT2D eigenvalue weighted by atomic mass is 19.4. The number of nitrogens with one attached hydrogen (secondary N) is 1. The van der Waals surface area contributed by atoms with Gasteiger partial charge in [0.1, 0.15) is 11.5 Å². The Labute approximate surface area is 179 Å². The maximum absolute atomic E-state index is 14.0. The molecule has 0 bridgehead atoms. The zero-order valence-corrected chi connectivity index (χ0v) is 17.0. The lowest BCUT2D eigenvalue weighted by Crippen LogP contribution is -2.07. The molecule has 0 radical (unpaired) electrons. The molecule has 0 saturated heterocycles. The number of esters is 1. The van der Waals surface area contributed by atoms with Crippen LogP contribution >= 0.6 is 0 Å². The molecule has 0 fully saturated rings. The minimum absolute atomic E-state index is 0.126. The predicted octanol–water partition coefficient (Wildman–Crippen LogP) is 3.83. The lowest BCUT2D eigenvalue weighted by atomic mass is 10.1. The van der Waals surface area contributed by atoms with Crippen molar-refractivity contribution in [2.75, 3.05) is 6.61 Å². The van der Waals surface area contributed by atoms with Crippen LogP contribution in [0.5, 0.6) is 0 Å². The number of benzene rings is 1. The fourth-order valence-electron chi connectivity index (χ4n) is 2.76. The van der Waals surface area contributed by atoms with E-state index in [9.17, 15) is 22.4 Å². The SMILES string of the molecule is CCOC(C)=O.Fc1ccccc1Cc1nc(-c2nc(C(F)(F)F)n[nH]2)cn2ccnc12. The van der Waals surface area contributed by atoms with Gasteiger partial charge in [0.2, 0.25) is 0 Å². The van der Waals surface area contributed by atoms with E-state index in [1.807, 2.05) is 0 Å². The minimum Gasteiger partial charge on any atom is -0.466 e. The van der Waals surface area contributed by atoms with Gasteiger partial charge in [-0.1, -0.05) is 18.2 Å². The molecule has 0 aliphatic rings. The van der Waals surface area contributed by atoms with Crippen LogP contribution in [0.4, 0.5) is 17.6 Å². The number of halogens is 4. The predicted molar refractivity (Wildman–Crippen MR) is 105 cm³/mol. The highest BCUT2D eigenvalue weighted by Crippen LogP contribution is 2.27. The maximum Gasteiger partial charge on any atom is 0.453 e. The fourth-order valence-corrected chi connectivity index (χ4v) is 2.76. The number of aromatic nitrogens is 6. The lowest BCUT2D eigenvalue weighted by molar-refractivity contribution is -0.144. The van der Waals surface area contributed by atoms with Gasteiger partial charge in [-0.3, -0.25) is 9.89 Å². The molecule has 12 heteroatoms. The molecule has 1 N–H and O–H groups in total. The smallest absolute Gasteiger partial charge is 0.453 e. The van der Waals surface area contributed by atoms with Gasteiger partial charge in [-0.2, -0.15) is 13.2 Å². The van der Waals surface area contributed by atoms with Crippen LogP contribution in [0.3, 0.4) is 0 Å². The molecule has 4 rings (SSSR count). The molecular weight excluding hydrogens is 432 g/mol. The van der Waals surface area contributed by atoms with Gasteiger partial charge in [-0.15, -0.1) is 5.10 Å². The first-order chi connectivity index (χ1) is 15.2. The summed E-state index contributed by atoms with van der Waals surface area (Å²) in [4.78, 5) is 21.8. The molecule has 3 aromatic heterocycles. The Bertz CT molecular complexity index is 1220. The minimum atomic E-state index is -4.66. The zero-order chi connectivity index (χ0) is 23.3. The van der Waals surface area contributed by atoms with E-state index < -0.39 is 17.8 Å². The molecule has 168 valence electrons. The van der Waals surface area contributed by atoms with Crippen LogP contribution in [-0.4, -0.2) is 42.1 Å². The topological polar surface area (TPSA) is 98.1 Å². The van der Waals surface area contributed by atoms with Crippen LogP contribution in [0.1, 0.15) is 30.9 Å². The Morgan fingerprint density at radius 2 is 1.97 bits per heavy atom. The van der Waals surface area contributed by atoms with Crippen LogP contribution in [0.2, 0.25) is 0 Å². The summed E-state index contributed by atoms with van der Waals surface area (Å²) in [6.45, 7) is 3.65. The number of hydrogen-bond acceptors (Lipinski definition) is 6. The summed E-state index contributed by atoms with van der Waals surface area (Å²) in [6, 6.07) is 6.20. The first kappa shape index (κ1) is 22.8. The summed E-state index contributed by atoms with van der Waals surface area (Å²) in [6.07, 6.45) is 0.0819. The van der Waals surface area contributed by atoms with Crippen LogP contribution in [-0.2, 0) is 22.1 Å². The van der Waals surface area contributed by atoms with Crippen molar-refractivity contribution in [3.05, 3.63) is 65.8 Å². The summed E-state index contributed by atoms with van der Waals surface area (Å²) >= 11 is 0. The molecule has 0 aliphatic heterocycles. The Hall–Kier alpha value is -3.83. The largest absolute Gasteiger partial charge is 0.466 e. The molecular formula is C20H18F4N6O2. The monoisotopic (exact) mass is 450 g/mol. The molecule has 8 nitrogen and oxygen atoms in total. The molecule has 3 heterocycles. The quantitative estimate of drug-likeness (QED) is 0.375. The summed E-state index contributed by atoms with van der Waals surface area (Å²) in [7, 11) is 0. The number of hydrogen-bond donors (Lipinski definition) is 1. The van der Waals surface area contributed by atoms with E-state index >= 15 is 0 Å². The van der Waals surface area contributed by atoms with Gasteiger partial charge < -0.3 is 9.14 Å². The van der Waals surface area contributed by atoms with Crippen LogP contribution in [0.25, 0.3) is 17.2 Å². The second-order valence-electron chi connectivity index (χ2n) is 6.43. The Morgan fingerprint density at radius 3 is 2.56 bits per heavy atom. The van der Waals surface area contributed by atoms with E-state index in [0.717, 1.165) is 0 Å². The molecule has 0 atom stereocenters. The Kier molecular flexibility index (Phi) is 6.81. The highest BCUT2D eigenvalue weighted by molar-refractivity contribution is 5.65. The number of rotatable bonds is 4. The van der Waals surface area contributed by atoms with E-state index in [2.05, 4.69) is 29.9 Å². The molecule has 0 saturated carbocycles. The lowest BCUT2D eigenvalue weighted by Gasteiger charge is -2.07. The van der Waals surface area contributed by atoms with Gasteiger partial charge in [0.25, 0.3) is 5.82 Å². The van der Waals surface area contributed by atoms with Crippen molar-refractivity contribution in [3.63, 3.8) is 0 Å². The summed E-state index contributed by atoms with van der Waals surface area (Å²) in [5.41, 5.74) is 1.43. The molecule has 0 aliphatic carbocycles. The van der Waals surface area contributed by atoms with E-state index in [1.54, 1.807) is 35.7 Å². The van der Waals surface area contributed by atoms with Crippen molar-refractivity contribution in [1.82, 2.24) is 29.5 Å². The Balaban J connectivity index is 0.000000427. The van der Waals surface area contributed by atoms with Crippen molar-refractivity contribution in [1.29, 1.82) is 0 Å². The van der Waals surface area contributed by atoms with Crippen molar-refractivity contribution < 1.29 is 27.1 Å². The maximum atomic E-state index is 14.0. The van der Waals surface area contributed by atoms with Gasteiger partial charge in [0.15, 0.2) is 11.5 Å². The number of aromatic amines is 1. The van der Waals surface area contributed by atoms with Gasteiger partial charge in [-0.25, -0.2) is 19.3 Å². The van der Waals surface area contributed by atoms with Crippen LogP contribution < -0.4 is 0 Å². The van der Waals surface area contributed by atoms with Crippen LogP contribution in [0, 0.1) is 5.82 Å². The number of fused-ring (bicyclic) bond motifs is 1. The normalized spacial score (nSPS) is 11.2. The Morgan fingerprint density at radius 1 is 1.22 bits per heavy atom. The summed E-state index contributed by atoms with van der Waals surface area (Å²) in [5, 5.41) is 5.41. The summed E-state index contributed by atoms with van der Waals surface area (Å²) in [5.74, 6) is -2.03. The van der Waals surface area contributed by atoms with Crippen molar-refractivity contribution in [3.8, 4) is 11.5 Å². The number of carbonyl (C=O) groups is 1. The van der Waals surface area contributed by atoms with E-state index in [-0.39, 0.29) is 23.9 Å². The second kappa shape index (κ2) is 9.54. The zero-order valence-electron chi connectivity index (χ0n) is 17.0. The third-order valence-electron chi connectivity index (χ3n) is 4.09. The van der Waals surface area contributed by atoms with Gasteiger partial charge in [0.05, 0.1) is 12.3 Å². The first-order valence-corrected chi connectivity index (χ1v) is 9.38. The van der Waals surface area contributed by atoms with Crippen molar-refractivity contribution in [2.24, 2.45) is 0 Å². The molecule has 0 amide bonds. The third kappa shape index (κ3) is 5.45. The van der Waals surface area contributed by atoms with E-state index in [4.69, 9.17) is 0 Å². The average Bonchev–Trinajstić information content (AvgIpc) is 3.39. The molecule has 1 aromatic carbocycles. The van der Waals surface area contributed by atoms with E-state index in [1.165, 1.54) is 25.4 Å². The number of ether oxygens (including phenoxy) is 1. The summed E-state index contributed by atoms with van der Waals surface area (Å²) < 4.78 is 58.1. The number of carbonyl (C=O) groups excluding carboxylic acids is 1. The van der Waals surface area contributed by atoms with Crippen molar-refractivity contribution in [2.45, 2.75) is 26.4 Å². The average molecular weight is 450 g/mol. The number of alkyl halides is 3. The van der Waals surface area contributed by atoms with Crippen molar-refractivity contribution >= 4 is 11.6 Å². The molecule has 0 spiro atoms. The molecule has 4 aromatic rings. The fraction of sp³-hybridized carbons (Fsp3) is 0.250. The number of H-pyrrole nitrogens is 1. The van der Waals surface area contributed by atoms with E-state index in [0.29, 0.717) is 23.5 Å². The van der Waals surface area contributed by atoms with Gasteiger partial charge in [0, 0.05) is 31.9 Å². The van der Waals surface area contributed by atoms with Gasteiger partial charge >= 0.3 is 12.1 Å². The standard InChI is InChI=1S/C16H10F4N6.C4H8O2/c17-10-4-2-1-3-9(10)7-11-14-21-5-6-26(14)8-12(22-11)13-23-15(25-24-13)16(18,19)20;1-3-6-4(2)5/h1-6,8H,7H2,(H,23,24,25);3H2,1-2H3. The molecule has 0 unspecified atom stereocenters. The first-order valence-electron chi connectivity index (χ1n) is 9.38. The second-order valence-corrected chi connectivity index (χ2v) is 6.43. The molecule has 32 heavy (non-hydrogen) atoms. The van der Waals surface area contributed by atoms with Gasteiger partial charge in [-0.05, 0) is 18.6 Å².